The fourth-order valence-electron chi connectivity index (χ4n) is 3.48. The minimum Gasteiger partial charge on any atom is -0.481 e. The van der Waals surface area contributed by atoms with Gasteiger partial charge in [-0.1, -0.05) is 19.3 Å². The first kappa shape index (κ1) is 15.1. The summed E-state index contributed by atoms with van der Waals surface area (Å²) in [6.07, 6.45) is 7.34. The predicted octanol–water partition coefficient (Wildman–Crippen LogP) is 2.56. The van der Waals surface area contributed by atoms with Gasteiger partial charge in [-0.15, -0.1) is 0 Å². The molecule has 0 bridgehead atoms. The Balaban J connectivity index is 1.98. The van der Waals surface area contributed by atoms with Crippen molar-refractivity contribution in [3.63, 3.8) is 0 Å². The molecule has 0 radical (unpaired) electrons. The van der Waals surface area contributed by atoms with Crippen LogP contribution in [0.1, 0.15) is 51.9 Å². The number of likely N-dealkylation sites (tertiary alicyclic amines) is 1. The zero-order valence-electron chi connectivity index (χ0n) is 12.4. The molecular weight excluding hydrogens is 256 g/mol. The van der Waals surface area contributed by atoms with Crippen LogP contribution < -0.4 is 0 Å². The van der Waals surface area contributed by atoms with Crippen molar-refractivity contribution in [1.82, 2.24) is 9.80 Å². The molecule has 1 heterocycles. The molecule has 5 heteroatoms. The molecule has 0 aromatic carbocycles. The maximum atomic E-state index is 12.7. The van der Waals surface area contributed by atoms with Gasteiger partial charge in [0.1, 0.15) is 0 Å². The summed E-state index contributed by atoms with van der Waals surface area (Å²) in [4.78, 5) is 27.5. The van der Waals surface area contributed by atoms with E-state index >= 15 is 0 Å². The Bertz CT molecular complexity index is 353. The topological polar surface area (TPSA) is 60.9 Å². The SMILES string of the molecule is CCN(C(=O)N1CCC[C@H](C(=O)O)C1)C1CCCCC1. The lowest BCUT2D eigenvalue weighted by Crippen LogP contribution is -2.52. The van der Waals surface area contributed by atoms with E-state index in [1.807, 2.05) is 11.8 Å². The molecule has 1 aliphatic heterocycles. The van der Waals surface area contributed by atoms with Gasteiger partial charge < -0.3 is 14.9 Å². The standard InChI is InChI=1S/C15H26N2O3/c1-2-17(13-8-4-3-5-9-13)15(20)16-10-6-7-12(11-16)14(18)19/h12-13H,2-11H2,1H3,(H,18,19)/t12-/m0/s1. The number of carbonyl (C=O) groups is 2. The maximum absolute atomic E-state index is 12.7. The molecule has 20 heavy (non-hydrogen) atoms. The lowest BCUT2D eigenvalue weighted by molar-refractivity contribution is -0.143. The van der Waals surface area contributed by atoms with Crippen LogP contribution in [0.2, 0.25) is 0 Å². The fourth-order valence-corrected chi connectivity index (χ4v) is 3.48. The van der Waals surface area contributed by atoms with Gasteiger partial charge in [-0.25, -0.2) is 4.79 Å². The highest BCUT2D eigenvalue weighted by atomic mass is 16.4. The Morgan fingerprint density at radius 2 is 1.85 bits per heavy atom. The van der Waals surface area contributed by atoms with Crippen LogP contribution in [-0.2, 0) is 4.79 Å². The van der Waals surface area contributed by atoms with E-state index in [2.05, 4.69) is 0 Å². The molecule has 1 atom stereocenters. The van der Waals surface area contributed by atoms with Crippen LogP contribution in [0.3, 0.4) is 0 Å². The van der Waals surface area contributed by atoms with Gasteiger partial charge in [-0.05, 0) is 32.6 Å². The van der Waals surface area contributed by atoms with Crippen molar-refractivity contribution in [1.29, 1.82) is 0 Å². The number of piperidine rings is 1. The highest BCUT2D eigenvalue weighted by Gasteiger charge is 2.32. The lowest BCUT2D eigenvalue weighted by Gasteiger charge is -2.39. The third-order valence-corrected chi connectivity index (χ3v) is 4.64. The number of amides is 2. The highest BCUT2D eigenvalue weighted by molar-refractivity contribution is 5.77. The lowest BCUT2D eigenvalue weighted by atomic mass is 9.94. The minimum absolute atomic E-state index is 0.0466. The highest BCUT2D eigenvalue weighted by Crippen LogP contribution is 2.25. The summed E-state index contributed by atoms with van der Waals surface area (Å²) in [5.41, 5.74) is 0. The summed E-state index contributed by atoms with van der Waals surface area (Å²) in [7, 11) is 0. The first-order chi connectivity index (χ1) is 9.63. The molecule has 0 aromatic heterocycles. The molecule has 1 aliphatic carbocycles. The number of carbonyl (C=O) groups excluding carboxylic acids is 1. The van der Waals surface area contributed by atoms with Crippen molar-refractivity contribution in [3.8, 4) is 0 Å². The van der Waals surface area contributed by atoms with Crippen molar-refractivity contribution < 1.29 is 14.7 Å². The van der Waals surface area contributed by atoms with Gasteiger partial charge in [-0.2, -0.15) is 0 Å². The van der Waals surface area contributed by atoms with Crippen LogP contribution in [0, 0.1) is 5.92 Å². The largest absolute Gasteiger partial charge is 0.481 e. The van der Waals surface area contributed by atoms with Gasteiger partial charge in [-0.3, -0.25) is 4.79 Å². The van der Waals surface area contributed by atoms with Crippen molar-refractivity contribution in [2.45, 2.75) is 57.9 Å². The Morgan fingerprint density at radius 1 is 1.15 bits per heavy atom. The molecule has 0 unspecified atom stereocenters. The van der Waals surface area contributed by atoms with Crippen LogP contribution in [-0.4, -0.2) is 52.6 Å². The zero-order valence-corrected chi connectivity index (χ0v) is 12.4. The van der Waals surface area contributed by atoms with Crippen LogP contribution in [0.25, 0.3) is 0 Å². The molecule has 1 saturated carbocycles. The minimum atomic E-state index is -0.775. The van der Waals surface area contributed by atoms with Gasteiger partial charge in [0.25, 0.3) is 0 Å². The van der Waals surface area contributed by atoms with Gasteiger partial charge >= 0.3 is 12.0 Å². The third kappa shape index (κ3) is 3.44. The summed E-state index contributed by atoms with van der Waals surface area (Å²) >= 11 is 0. The average Bonchev–Trinajstić information content (AvgIpc) is 2.49. The molecule has 0 aromatic rings. The second-order valence-corrected chi connectivity index (χ2v) is 5.98. The molecule has 2 rings (SSSR count). The number of carboxylic acid groups (broad SMARTS) is 1. The number of rotatable bonds is 3. The van der Waals surface area contributed by atoms with E-state index in [9.17, 15) is 9.59 Å². The average molecular weight is 282 g/mol. The van der Waals surface area contributed by atoms with Gasteiger partial charge in [0.05, 0.1) is 5.92 Å². The molecule has 114 valence electrons. The first-order valence-corrected chi connectivity index (χ1v) is 7.91. The van der Waals surface area contributed by atoms with Crippen LogP contribution in [0.4, 0.5) is 4.79 Å². The molecule has 2 amide bonds. The Labute approximate surface area is 120 Å². The third-order valence-electron chi connectivity index (χ3n) is 4.64. The Morgan fingerprint density at radius 3 is 2.45 bits per heavy atom. The molecular formula is C15H26N2O3. The number of hydrogen-bond donors (Lipinski definition) is 1. The summed E-state index contributed by atoms with van der Waals surface area (Å²) < 4.78 is 0. The summed E-state index contributed by atoms with van der Waals surface area (Å²) in [6.45, 7) is 3.81. The summed E-state index contributed by atoms with van der Waals surface area (Å²) in [5.74, 6) is -1.17. The van der Waals surface area contributed by atoms with Crippen molar-refractivity contribution in [3.05, 3.63) is 0 Å². The normalized spacial score (nSPS) is 24.4. The molecule has 5 nitrogen and oxygen atoms in total. The number of hydrogen-bond acceptors (Lipinski definition) is 2. The van der Waals surface area contributed by atoms with E-state index in [0.29, 0.717) is 25.6 Å². The Hall–Kier alpha value is -1.26. The molecule has 2 fully saturated rings. The van der Waals surface area contributed by atoms with E-state index in [4.69, 9.17) is 5.11 Å². The fraction of sp³-hybridized carbons (Fsp3) is 0.867. The maximum Gasteiger partial charge on any atom is 0.320 e. The van der Waals surface area contributed by atoms with E-state index < -0.39 is 11.9 Å². The van der Waals surface area contributed by atoms with Crippen molar-refractivity contribution in [2.24, 2.45) is 5.92 Å². The number of nitrogens with zero attached hydrogens (tertiary/aromatic N) is 2. The quantitative estimate of drug-likeness (QED) is 0.865. The zero-order chi connectivity index (χ0) is 14.5. The predicted molar refractivity (Wildman–Crippen MR) is 76.6 cm³/mol. The van der Waals surface area contributed by atoms with Crippen molar-refractivity contribution in [2.75, 3.05) is 19.6 Å². The van der Waals surface area contributed by atoms with E-state index in [1.54, 1.807) is 4.90 Å². The molecule has 1 N–H and O–H groups in total. The van der Waals surface area contributed by atoms with E-state index in [-0.39, 0.29) is 6.03 Å². The molecule has 2 aliphatic rings. The number of urea groups is 1. The summed E-state index contributed by atoms with van der Waals surface area (Å²) in [5, 5.41) is 9.13. The van der Waals surface area contributed by atoms with Gasteiger partial charge in [0.15, 0.2) is 0 Å². The summed E-state index contributed by atoms with van der Waals surface area (Å²) in [6, 6.07) is 0.400. The van der Waals surface area contributed by atoms with Crippen LogP contribution >= 0.6 is 0 Å². The first-order valence-electron chi connectivity index (χ1n) is 7.91. The monoisotopic (exact) mass is 282 g/mol. The van der Waals surface area contributed by atoms with Crippen LogP contribution in [0.5, 0.6) is 0 Å². The van der Waals surface area contributed by atoms with Gasteiger partial charge in [0, 0.05) is 25.7 Å². The molecule has 0 spiro atoms. The van der Waals surface area contributed by atoms with E-state index in [0.717, 1.165) is 25.8 Å². The van der Waals surface area contributed by atoms with Crippen LogP contribution in [0.15, 0.2) is 0 Å². The Kier molecular flexibility index (Phi) is 5.26. The number of carboxylic acids is 1. The smallest absolute Gasteiger partial charge is 0.320 e. The molecule has 1 saturated heterocycles. The second kappa shape index (κ2) is 6.95. The second-order valence-electron chi connectivity index (χ2n) is 5.98. The number of aliphatic carboxylic acids is 1. The van der Waals surface area contributed by atoms with E-state index in [1.165, 1.54) is 19.3 Å². The van der Waals surface area contributed by atoms with Crippen molar-refractivity contribution >= 4 is 12.0 Å². The van der Waals surface area contributed by atoms with Gasteiger partial charge in [0.2, 0.25) is 0 Å².